The number of phenols is 1. The van der Waals surface area contributed by atoms with Crippen LogP contribution in [0.2, 0.25) is 0 Å². The first-order valence-electron chi connectivity index (χ1n) is 13.9. The number of fused-ring (bicyclic) bond motifs is 1. The van der Waals surface area contributed by atoms with Gasteiger partial charge >= 0.3 is 0 Å². The predicted molar refractivity (Wildman–Crippen MR) is 157 cm³/mol. The maximum absolute atomic E-state index is 9.52. The predicted octanol–water partition coefficient (Wildman–Crippen LogP) is 9.13. The van der Waals surface area contributed by atoms with Crippen LogP contribution >= 0.6 is 0 Å². The minimum absolute atomic E-state index is 0. The van der Waals surface area contributed by atoms with E-state index in [0.717, 1.165) is 46.3 Å². The molecule has 2 heterocycles. The van der Waals surface area contributed by atoms with E-state index in [1.54, 1.807) is 18.3 Å². The monoisotopic (exact) mass is 693 g/mol. The van der Waals surface area contributed by atoms with E-state index in [4.69, 9.17) is 1.37 Å². The smallest absolute Gasteiger partial charge is 0.124 e. The molecule has 3 aromatic carbocycles. The second kappa shape index (κ2) is 13.2. The number of hydrogen-bond donors (Lipinski definition) is 1. The Bertz CT molecular complexity index is 1580. The fourth-order valence-electron chi connectivity index (χ4n) is 5.49. The fourth-order valence-corrected chi connectivity index (χ4v) is 5.49. The minimum atomic E-state index is -0.425. The SMILES string of the molecule is Oc1ccccc1-c1ccccn1.[2H]C1(c2ccc3c(-c4[c-]c(C)cc(C)c4)nccc3c2C)CCCCC1.[Ir]. The Hall–Kier alpha value is -3.33. The Morgan fingerprint density at radius 1 is 0.821 bits per heavy atom. The molecule has 6 rings (SSSR count). The molecule has 201 valence electrons. The van der Waals surface area contributed by atoms with Crippen LogP contribution in [0.15, 0.2) is 85.2 Å². The molecule has 0 aliphatic heterocycles. The molecule has 1 fully saturated rings. The summed E-state index contributed by atoms with van der Waals surface area (Å²) in [6, 6.07) is 27.0. The molecule has 0 unspecified atom stereocenters. The van der Waals surface area contributed by atoms with Crippen molar-refractivity contribution in [1.82, 2.24) is 9.97 Å². The zero-order chi connectivity index (χ0) is 27.4. The van der Waals surface area contributed by atoms with Crippen molar-refractivity contribution < 1.29 is 26.6 Å². The first-order valence-corrected chi connectivity index (χ1v) is 13.4. The van der Waals surface area contributed by atoms with Gasteiger partial charge in [0.25, 0.3) is 0 Å². The summed E-state index contributed by atoms with van der Waals surface area (Å²) in [6.45, 7) is 6.38. The number of hydrogen-bond acceptors (Lipinski definition) is 3. The van der Waals surface area contributed by atoms with Gasteiger partial charge in [-0.2, -0.15) is 0 Å². The Morgan fingerprint density at radius 3 is 2.31 bits per heavy atom. The molecule has 3 nitrogen and oxygen atoms in total. The van der Waals surface area contributed by atoms with Gasteiger partial charge in [-0.15, -0.1) is 34.9 Å². The summed E-state index contributed by atoms with van der Waals surface area (Å²) in [5, 5.41) is 11.9. The van der Waals surface area contributed by atoms with Crippen LogP contribution in [0.5, 0.6) is 5.75 Å². The molecule has 0 saturated heterocycles. The van der Waals surface area contributed by atoms with Crippen molar-refractivity contribution >= 4 is 10.8 Å². The summed E-state index contributed by atoms with van der Waals surface area (Å²) in [7, 11) is 0. The van der Waals surface area contributed by atoms with Gasteiger partial charge in [-0.1, -0.05) is 63.4 Å². The number of phenolic OH excluding ortho intramolecular Hbond substituents is 1. The molecule has 0 atom stereocenters. The molecular weight excluding hydrogens is 657 g/mol. The van der Waals surface area contributed by atoms with Crippen LogP contribution in [0.1, 0.15) is 61.6 Å². The van der Waals surface area contributed by atoms with Gasteiger partial charge in [-0.25, -0.2) is 0 Å². The summed E-state index contributed by atoms with van der Waals surface area (Å²) in [4.78, 5) is 8.83. The average molecular weight is 693 g/mol. The molecule has 1 radical (unpaired) electrons. The Kier molecular flexibility index (Phi) is 9.19. The number of nitrogens with zero attached hydrogens (tertiary/aromatic N) is 2. The minimum Gasteiger partial charge on any atom is -0.507 e. The van der Waals surface area contributed by atoms with Gasteiger partial charge in [0, 0.05) is 39.4 Å². The Labute approximate surface area is 247 Å². The number of rotatable bonds is 3. The topological polar surface area (TPSA) is 46.0 Å². The zero-order valence-electron chi connectivity index (χ0n) is 23.8. The third-order valence-electron chi connectivity index (χ3n) is 7.30. The van der Waals surface area contributed by atoms with Gasteiger partial charge in [0.15, 0.2) is 0 Å². The molecule has 1 aliphatic carbocycles. The van der Waals surface area contributed by atoms with Gasteiger partial charge in [0.2, 0.25) is 0 Å². The zero-order valence-corrected chi connectivity index (χ0v) is 25.2. The van der Waals surface area contributed by atoms with E-state index in [2.05, 4.69) is 67.1 Å². The standard InChI is InChI=1S/C24H26N.C11H9NO.Ir/c1-16-13-17(2)15-20(14-16)24-23-10-9-21(19-7-5-4-6-8-19)18(3)22(23)11-12-25-24;13-11-7-2-1-5-9(11)10-6-3-4-8-12-10;/h9-14,19H,4-8H2,1-3H3;1-8,13H;/q-1;;/i19D;;. The van der Waals surface area contributed by atoms with Crippen molar-refractivity contribution in [3.63, 3.8) is 0 Å². The van der Waals surface area contributed by atoms with Crippen LogP contribution in [0.3, 0.4) is 0 Å². The van der Waals surface area contributed by atoms with Crippen LogP contribution in [0, 0.1) is 26.8 Å². The number of aryl methyl sites for hydroxylation is 3. The van der Waals surface area contributed by atoms with Crippen molar-refractivity contribution in [2.45, 2.75) is 58.8 Å². The molecule has 1 aliphatic rings. The summed E-state index contributed by atoms with van der Waals surface area (Å²) < 4.78 is 9.03. The van der Waals surface area contributed by atoms with E-state index in [0.29, 0.717) is 0 Å². The average Bonchev–Trinajstić information content (AvgIpc) is 2.94. The number of para-hydroxylation sites is 1. The van der Waals surface area contributed by atoms with Crippen LogP contribution < -0.4 is 0 Å². The van der Waals surface area contributed by atoms with Gasteiger partial charge < -0.3 is 10.1 Å². The Morgan fingerprint density at radius 2 is 1.59 bits per heavy atom. The summed E-state index contributed by atoms with van der Waals surface area (Å²) in [5.74, 6) is -0.160. The van der Waals surface area contributed by atoms with Crippen molar-refractivity contribution in [2.24, 2.45) is 0 Å². The molecular formula is C35H35IrN2O-. The summed E-state index contributed by atoms with van der Waals surface area (Å²) in [5.41, 5.74) is 8.42. The maximum atomic E-state index is 9.52. The molecule has 2 aromatic heterocycles. The van der Waals surface area contributed by atoms with Gasteiger partial charge in [0.1, 0.15) is 5.75 Å². The molecule has 4 heteroatoms. The molecule has 1 N–H and O–H groups in total. The fraction of sp³-hybridized carbons (Fsp3) is 0.257. The second-order valence-corrected chi connectivity index (χ2v) is 10.1. The van der Waals surface area contributed by atoms with E-state index in [1.165, 1.54) is 41.3 Å². The van der Waals surface area contributed by atoms with Gasteiger partial charge in [-0.3, -0.25) is 4.98 Å². The summed E-state index contributed by atoms with van der Waals surface area (Å²) in [6.07, 6.45) is 9.16. The largest absolute Gasteiger partial charge is 0.507 e. The molecule has 39 heavy (non-hydrogen) atoms. The van der Waals surface area contributed by atoms with E-state index >= 15 is 0 Å². The normalized spacial score (nSPS) is 14.5. The Balaban J connectivity index is 0.000000223. The van der Waals surface area contributed by atoms with E-state index in [1.807, 2.05) is 36.5 Å². The third-order valence-corrected chi connectivity index (χ3v) is 7.30. The number of aromatic nitrogens is 2. The van der Waals surface area contributed by atoms with Crippen molar-refractivity contribution in [1.29, 1.82) is 0 Å². The van der Waals surface area contributed by atoms with Crippen molar-refractivity contribution in [2.75, 3.05) is 0 Å². The molecule has 1 saturated carbocycles. The molecule has 5 aromatic rings. The maximum Gasteiger partial charge on any atom is 0.124 e. The van der Waals surface area contributed by atoms with E-state index < -0.39 is 5.89 Å². The van der Waals surface area contributed by atoms with E-state index in [-0.39, 0.29) is 25.9 Å². The quantitative estimate of drug-likeness (QED) is 0.192. The molecule has 0 amide bonds. The number of pyridine rings is 2. The van der Waals surface area contributed by atoms with Crippen LogP contribution in [-0.2, 0) is 20.1 Å². The summed E-state index contributed by atoms with van der Waals surface area (Å²) >= 11 is 0. The first kappa shape index (κ1) is 27.2. The number of benzene rings is 3. The third kappa shape index (κ3) is 6.64. The van der Waals surface area contributed by atoms with Crippen LogP contribution in [0.25, 0.3) is 33.3 Å². The molecule has 0 spiro atoms. The second-order valence-electron chi connectivity index (χ2n) is 10.1. The molecule has 0 bridgehead atoms. The van der Waals surface area contributed by atoms with Gasteiger partial charge in [-0.05, 0) is 83.6 Å². The van der Waals surface area contributed by atoms with Gasteiger partial charge in [0.05, 0.1) is 5.69 Å². The first-order chi connectivity index (χ1) is 18.9. The van der Waals surface area contributed by atoms with Crippen molar-refractivity contribution in [3.8, 4) is 28.3 Å². The van der Waals surface area contributed by atoms with Crippen LogP contribution in [0.4, 0.5) is 0 Å². The number of aromatic hydroxyl groups is 1. The van der Waals surface area contributed by atoms with Crippen LogP contribution in [-0.4, -0.2) is 15.1 Å². The van der Waals surface area contributed by atoms with E-state index in [9.17, 15) is 5.11 Å². The van der Waals surface area contributed by atoms with Crippen molar-refractivity contribution in [3.05, 3.63) is 114 Å².